The molecule has 0 aromatic heterocycles. The largest absolute Gasteiger partial charge is 0.355 e. The molecule has 0 fully saturated rings. The monoisotopic (exact) mass is 215 g/mol. The van der Waals surface area contributed by atoms with Gasteiger partial charge in [0.2, 0.25) is 5.91 Å². The van der Waals surface area contributed by atoms with E-state index >= 15 is 0 Å². The maximum Gasteiger partial charge on any atom is 0.224 e. The van der Waals surface area contributed by atoms with Crippen molar-refractivity contribution in [1.82, 2.24) is 10.2 Å². The molecule has 0 heterocycles. The number of nitrogens with two attached hydrogens (primary N) is 1. The van der Waals surface area contributed by atoms with Gasteiger partial charge in [-0.15, -0.1) is 0 Å². The molecule has 0 saturated heterocycles. The molecule has 0 radical (unpaired) electrons. The van der Waals surface area contributed by atoms with Crippen LogP contribution in [0.5, 0.6) is 0 Å². The summed E-state index contributed by atoms with van der Waals surface area (Å²) in [5.41, 5.74) is 5.40. The van der Waals surface area contributed by atoms with Crippen LogP contribution in [0.15, 0.2) is 0 Å². The number of amides is 1. The second-order valence-electron chi connectivity index (χ2n) is 4.17. The minimum absolute atomic E-state index is 0.0510. The molecule has 0 rings (SSSR count). The Balaban J connectivity index is 3.65. The van der Waals surface area contributed by atoms with Crippen LogP contribution in [0.1, 0.15) is 27.2 Å². The smallest absolute Gasteiger partial charge is 0.224 e. The molecule has 0 aliphatic rings. The van der Waals surface area contributed by atoms with Crippen molar-refractivity contribution in [2.75, 3.05) is 26.7 Å². The average Bonchev–Trinajstić information content (AvgIpc) is 2.26. The van der Waals surface area contributed by atoms with E-state index in [-0.39, 0.29) is 11.8 Å². The zero-order valence-electron chi connectivity index (χ0n) is 10.4. The lowest BCUT2D eigenvalue weighted by Crippen LogP contribution is -2.40. The average molecular weight is 215 g/mol. The lowest BCUT2D eigenvalue weighted by Gasteiger charge is -2.23. The Labute approximate surface area is 93.2 Å². The van der Waals surface area contributed by atoms with E-state index in [2.05, 4.69) is 31.1 Å². The summed E-state index contributed by atoms with van der Waals surface area (Å²) in [6.07, 6.45) is 1.13. The van der Waals surface area contributed by atoms with Gasteiger partial charge in [0.05, 0.1) is 0 Å². The summed E-state index contributed by atoms with van der Waals surface area (Å²) in [7, 11) is 2.08. The summed E-state index contributed by atoms with van der Waals surface area (Å²) in [6.45, 7) is 8.18. The predicted molar refractivity (Wildman–Crippen MR) is 63.6 cm³/mol. The molecule has 4 nitrogen and oxygen atoms in total. The third-order valence-corrected chi connectivity index (χ3v) is 2.91. The van der Waals surface area contributed by atoms with Crippen molar-refractivity contribution < 1.29 is 4.79 Å². The van der Waals surface area contributed by atoms with Crippen molar-refractivity contribution in [1.29, 1.82) is 0 Å². The van der Waals surface area contributed by atoms with Gasteiger partial charge < -0.3 is 16.0 Å². The number of hydrogen-bond acceptors (Lipinski definition) is 3. The molecule has 2 unspecified atom stereocenters. The molecule has 3 N–H and O–H groups in total. The number of nitrogens with zero attached hydrogens (tertiary/aromatic N) is 1. The predicted octanol–water partition coefficient (Wildman–Crippen LogP) is 0.428. The van der Waals surface area contributed by atoms with Gasteiger partial charge in [-0.2, -0.15) is 0 Å². The minimum atomic E-state index is -0.0843. The van der Waals surface area contributed by atoms with Crippen LogP contribution in [-0.4, -0.2) is 43.5 Å². The zero-order chi connectivity index (χ0) is 11.8. The molecule has 2 atom stereocenters. The van der Waals surface area contributed by atoms with Crippen LogP contribution in [0.4, 0.5) is 0 Å². The van der Waals surface area contributed by atoms with Crippen molar-refractivity contribution in [3.8, 4) is 0 Å². The Morgan fingerprint density at radius 1 is 1.47 bits per heavy atom. The fraction of sp³-hybridized carbons (Fsp3) is 0.909. The third-order valence-electron chi connectivity index (χ3n) is 2.91. The molecule has 0 bridgehead atoms. The second kappa shape index (κ2) is 7.65. The fourth-order valence-electron chi connectivity index (χ4n) is 1.17. The SMILES string of the molecule is CCC(C)N(C)CCNC(=O)C(C)CN. The molecule has 1 amide bonds. The van der Waals surface area contributed by atoms with E-state index < -0.39 is 0 Å². The van der Waals surface area contributed by atoms with Gasteiger partial charge in [0.25, 0.3) is 0 Å². The molecule has 0 aliphatic heterocycles. The van der Waals surface area contributed by atoms with Gasteiger partial charge in [0.1, 0.15) is 0 Å². The molecule has 0 aromatic carbocycles. The maximum atomic E-state index is 11.4. The summed E-state index contributed by atoms with van der Waals surface area (Å²) < 4.78 is 0. The fourth-order valence-corrected chi connectivity index (χ4v) is 1.17. The first-order chi connectivity index (χ1) is 7.02. The standard InChI is InChI=1S/C11H25N3O/c1-5-10(3)14(4)7-6-13-11(15)9(2)8-12/h9-10H,5-8,12H2,1-4H3,(H,13,15). The van der Waals surface area contributed by atoms with Crippen LogP contribution in [0.2, 0.25) is 0 Å². The Kier molecular flexibility index (Phi) is 7.34. The topological polar surface area (TPSA) is 58.4 Å². The number of carbonyl (C=O) groups is 1. The van der Waals surface area contributed by atoms with Crippen molar-refractivity contribution >= 4 is 5.91 Å². The van der Waals surface area contributed by atoms with Gasteiger partial charge in [-0.3, -0.25) is 4.79 Å². The number of carbonyl (C=O) groups excluding carboxylic acids is 1. The molecule has 0 spiro atoms. The molecular weight excluding hydrogens is 190 g/mol. The molecular formula is C11H25N3O. The molecule has 0 aliphatic carbocycles. The van der Waals surface area contributed by atoms with E-state index in [1.165, 1.54) is 0 Å². The highest BCUT2D eigenvalue weighted by atomic mass is 16.1. The molecule has 90 valence electrons. The van der Waals surface area contributed by atoms with Crippen molar-refractivity contribution in [3.63, 3.8) is 0 Å². The van der Waals surface area contributed by atoms with Crippen LogP contribution in [0.25, 0.3) is 0 Å². The van der Waals surface area contributed by atoms with E-state index in [1.807, 2.05) is 6.92 Å². The van der Waals surface area contributed by atoms with Crippen LogP contribution in [0, 0.1) is 5.92 Å². The second-order valence-corrected chi connectivity index (χ2v) is 4.17. The minimum Gasteiger partial charge on any atom is -0.355 e. The van der Waals surface area contributed by atoms with Gasteiger partial charge in [-0.05, 0) is 20.4 Å². The summed E-state index contributed by atoms with van der Waals surface area (Å²) >= 11 is 0. The highest BCUT2D eigenvalue weighted by molar-refractivity contribution is 5.78. The Hall–Kier alpha value is -0.610. The summed E-state index contributed by atoms with van der Waals surface area (Å²) in [5.74, 6) is -0.0334. The van der Waals surface area contributed by atoms with Gasteiger partial charge in [-0.25, -0.2) is 0 Å². The van der Waals surface area contributed by atoms with Crippen molar-refractivity contribution in [2.24, 2.45) is 11.7 Å². The maximum absolute atomic E-state index is 11.4. The Bertz CT molecular complexity index is 185. The van der Waals surface area contributed by atoms with E-state index in [9.17, 15) is 4.79 Å². The molecule has 4 heteroatoms. The van der Waals surface area contributed by atoms with E-state index in [0.717, 1.165) is 13.0 Å². The normalized spacial score (nSPS) is 15.1. The quantitative estimate of drug-likeness (QED) is 0.647. The van der Waals surface area contributed by atoms with Crippen molar-refractivity contribution in [2.45, 2.75) is 33.2 Å². The number of hydrogen-bond donors (Lipinski definition) is 2. The summed E-state index contributed by atoms with van der Waals surface area (Å²) in [4.78, 5) is 13.6. The van der Waals surface area contributed by atoms with E-state index in [1.54, 1.807) is 0 Å². The number of likely N-dealkylation sites (N-methyl/N-ethyl adjacent to an activating group) is 1. The van der Waals surface area contributed by atoms with Gasteiger partial charge in [0, 0.05) is 31.6 Å². The number of nitrogens with one attached hydrogen (secondary N) is 1. The Morgan fingerprint density at radius 2 is 2.07 bits per heavy atom. The van der Waals surface area contributed by atoms with Crippen molar-refractivity contribution in [3.05, 3.63) is 0 Å². The lowest BCUT2D eigenvalue weighted by atomic mass is 10.2. The molecule has 0 aromatic rings. The number of rotatable bonds is 7. The first-order valence-electron chi connectivity index (χ1n) is 5.70. The van der Waals surface area contributed by atoms with Crippen LogP contribution in [0.3, 0.4) is 0 Å². The highest BCUT2D eigenvalue weighted by Gasteiger charge is 2.11. The third kappa shape index (κ3) is 5.74. The van der Waals surface area contributed by atoms with Gasteiger partial charge in [0.15, 0.2) is 0 Å². The van der Waals surface area contributed by atoms with E-state index in [0.29, 0.717) is 19.1 Å². The van der Waals surface area contributed by atoms with Gasteiger partial charge >= 0.3 is 0 Å². The van der Waals surface area contributed by atoms with E-state index in [4.69, 9.17) is 5.73 Å². The van der Waals surface area contributed by atoms with Crippen LogP contribution in [-0.2, 0) is 4.79 Å². The zero-order valence-corrected chi connectivity index (χ0v) is 10.4. The highest BCUT2D eigenvalue weighted by Crippen LogP contribution is 1.98. The summed E-state index contributed by atoms with van der Waals surface area (Å²) in [5, 5.41) is 2.88. The van der Waals surface area contributed by atoms with Crippen LogP contribution >= 0.6 is 0 Å². The van der Waals surface area contributed by atoms with Crippen LogP contribution < -0.4 is 11.1 Å². The first-order valence-corrected chi connectivity index (χ1v) is 5.70. The van der Waals surface area contributed by atoms with Gasteiger partial charge in [-0.1, -0.05) is 13.8 Å². The Morgan fingerprint density at radius 3 is 2.53 bits per heavy atom. The lowest BCUT2D eigenvalue weighted by molar-refractivity contribution is -0.124. The first kappa shape index (κ1) is 14.4. The molecule has 0 saturated carbocycles. The molecule has 15 heavy (non-hydrogen) atoms. The summed E-state index contributed by atoms with van der Waals surface area (Å²) in [6, 6.07) is 0.564.